The molecule has 0 bridgehead atoms. The largest absolute Gasteiger partial charge is 0.378 e. The second-order valence-electron chi connectivity index (χ2n) is 7.95. The number of halogens is 3. The molecule has 3 heterocycles. The number of aromatic nitrogens is 1. The number of benzene rings is 1. The third kappa shape index (κ3) is 6.66. The molecule has 1 aromatic heterocycles. The Morgan fingerprint density at radius 2 is 2.00 bits per heavy atom. The first kappa shape index (κ1) is 25.4. The molecular formula is C23H31F2IN6O. The Labute approximate surface area is 210 Å². The van der Waals surface area contributed by atoms with Crippen LogP contribution in [0, 0.1) is 11.6 Å². The van der Waals surface area contributed by atoms with Crippen molar-refractivity contribution >= 4 is 41.4 Å². The molecule has 2 N–H and O–H groups in total. The van der Waals surface area contributed by atoms with E-state index in [1.54, 1.807) is 0 Å². The molecule has 4 rings (SSSR count). The van der Waals surface area contributed by atoms with E-state index in [1.165, 1.54) is 12.1 Å². The van der Waals surface area contributed by atoms with Crippen molar-refractivity contribution in [2.75, 3.05) is 55.7 Å². The Bertz CT molecular complexity index is 941. The van der Waals surface area contributed by atoms with Crippen LogP contribution in [0.5, 0.6) is 0 Å². The molecule has 10 heteroatoms. The molecule has 0 saturated carbocycles. The molecule has 1 aromatic carbocycles. The van der Waals surface area contributed by atoms with Crippen LogP contribution in [-0.2, 0) is 11.3 Å². The summed E-state index contributed by atoms with van der Waals surface area (Å²) in [5, 5.41) is 6.76. The van der Waals surface area contributed by atoms with Crippen LogP contribution in [0.1, 0.15) is 18.9 Å². The lowest BCUT2D eigenvalue weighted by molar-refractivity contribution is 0.122. The molecule has 1 unspecified atom stereocenters. The van der Waals surface area contributed by atoms with Crippen molar-refractivity contribution in [3.05, 3.63) is 53.7 Å². The van der Waals surface area contributed by atoms with Crippen LogP contribution in [0.3, 0.4) is 0 Å². The monoisotopic (exact) mass is 572 g/mol. The van der Waals surface area contributed by atoms with Gasteiger partial charge in [0, 0.05) is 56.6 Å². The van der Waals surface area contributed by atoms with Gasteiger partial charge in [-0.2, -0.15) is 0 Å². The molecule has 7 nitrogen and oxygen atoms in total. The van der Waals surface area contributed by atoms with Crippen molar-refractivity contribution < 1.29 is 13.5 Å². The standard InChI is InChI=1S/C23H30F2N6O.HI/c1-2-26-23(28-15-17-4-3-8-27-22(17)30-10-12-32-13-11-30)29-19-7-9-31(16-19)21-6-5-18(24)14-20(21)25;/h3-6,8,14,19H,2,7,9-13,15-16H2,1H3,(H2,26,28,29);1H. The summed E-state index contributed by atoms with van der Waals surface area (Å²) in [6, 6.07) is 7.83. The van der Waals surface area contributed by atoms with Crippen LogP contribution in [0.4, 0.5) is 20.3 Å². The van der Waals surface area contributed by atoms with E-state index in [-0.39, 0.29) is 30.0 Å². The van der Waals surface area contributed by atoms with Gasteiger partial charge in [-0.05, 0) is 31.5 Å². The summed E-state index contributed by atoms with van der Waals surface area (Å²) in [5.41, 5.74) is 1.50. The Morgan fingerprint density at radius 1 is 1.18 bits per heavy atom. The maximum absolute atomic E-state index is 14.2. The third-order valence-corrected chi connectivity index (χ3v) is 5.71. The molecule has 2 aliphatic rings. The van der Waals surface area contributed by atoms with Crippen LogP contribution < -0.4 is 20.4 Å². The molecule has 0 radical (unpaired) electrons. The molecule has 1 atom stereocenters. The summed E-state index contributed by atoms with van der Waals surface area (Å²) in [6.45, 7) is 7.63. The second kappa shape index (κ2) is 12.3. The van der Waals surface area contributed by atoms with Gasteiger partial charge in [0.1, 0.15) is 17.5 Å². The number of rotatable bonds is 6. The number of pyridine rings is 1. The van der Waals surface area contributed by atoms with Crippen LogP contribution in [0.2, 0.25) is 0 Å². The van der Waals surface area contributed by atoms with Gasteiger partial charge in [0.25, 0.3) is 0 Å². The molecule has 2 aliphatic heterocycles. The predicted octanol–water partition coefficient (Wildman–Crippen LogP) is 3.15. The number of aliphatic imine (C=N–C) groups is 1. The smallest absolute Gasteiger partial charge is 0.191 e. The number of nitrogens with zero attached hydrogens (tertiary/aromatic N) is 4. The van der Waals surface area contributed by atoms with Gasteiger partial charge in [0.2, 0.25) is 0 Å². The van der Waals surface area contributed by atoms with Crippen molar-refractivity contribution in [2.24, 2.45) is 4.99 Å². The van der Waals surface area contributed by atoms with Gasteiger partial charge < -0.3 is 25.2 Å². The minimum absolute atomic E-state index is 0. The summed E-state index contributed by atoms with van der Waals surface area (Å²) < 4.78 is 32.8. The van der Waals surface area contributed by atoms with E-state index >= 15 is 0 Å². The molecule has 180 valence electrons. The van der Waals surface area contributed by atoms with E-state index in [2.05, 4.69) is 26.6 Å². The van der Waals surface area contributed by atoms with Crippen LogP contribution in [0.25, 0.3) is 0 Å². The van der Waals surface area contributed by atoms with Gasteiger partial charge in [-0.1, -0.05) is 6.07 Å². The second-order valence-corrected chi connectivity index (χ2v) is 7.95. The minimum Gasteiger partial charge on any atom is -0.378 e. The lowest BCUT2D eigenvalue weighted by Crippen LogP contribution is -2.44. The highest BCUT2D eigenvalue weighted by Crippen LogP contribution is 2.24. The van der Waals surface area contributed by atoms with Crippen molar-refractivity contribution in [1.82, 2.24) is 15.6 Å². The molecule has 0 spiro atoms. The lowest BCUT2D eigenvalue weighted by Gasteiger charge is -2.29. The number of ether oxygens (including phenoxy) is 1. The van der Waals surface area contributed by atoms with Gasteiger partial charge in [0.05, 0.1) is 25.4 Å². The van der Waals surface area contributed by atoms with E-state index in [0.29, 0.717) is 38.5 Å². The molecular weight excluding hydrogens is 541 g/mol. The number of anilines is 2. The van der Waals surface area contributed by atoms with Gasteiger partial charge in [-0.25, -0.2) is 18.8 Å². The SMILES string of the molecule is CCNC(=NCc1cccnc1N1CCOCC1)NC1CCN(c2ccc(F)cc2F)C1.I. The maximum Gasteiger partial charge on any atom is 0.191 e. The highest BCUT2D eigenvalue weighted by Gasteiger charge is 2.25. The van der Waals surface area contributed by atoms with Crippen molar-refractivity contribution in [3.63, 3.8) is 0 Å². The normalized spacial score (nSPS) is 18.8. The average molecular weight is 572 g/mol. The number of guanidine groups is 1. The van der Waals surface area contributed by atoms with Gasteiger partial charge in [0.15, 0.2) is 5.96 Å². The molecule has 0 amide bonds. The molecule has 2 saturated heterocycles. The lowest BCUT2D eigenvalue weighted by atomic mass is 10.2. The zero-order chi connectivity index (χ0) is 22.3. The Kier molecular flexibility index (Phi) is 9.48. The summed E-state index contributed by atoms with van der Waals surface area (Å²) in [7, 11) is 0. The number of hydrogen-bond acceptors (Lipinski definition) is 5. The Morgan fingerprint density at radius 3 is 2.76 bits per heavy atom. The average Bonchev–Trinajstić information content (AvgIpc) is 3.26. The van der Waals surface area contributed by atoms with E-state index < -0.39 is 11.6 Å². The summed E-state index contributed by atoms with van der Waals surface area (Å²) in [4.78, 5) is 13.5. The summed E-state index contributed by atoms with van der Waals surface area (Å²) in [5.74, 6) is 0.580. The quantitative estimate of drug-likeness (QED) is 0.315. The highest BCUT2D eigenvalue weighted by molar-refractivity contribution is 14.0. The molecule has 2 fully saturated rings. The molecule has 0 aliphatic carbocycles. The summed E-state index contributed by atoms with van der Waals surface area (Å²) >= 11 is 0. The van der Waals surface area contributed by atoms with Gasteiger partial charge in [-0.15, -0.1) is 24.0 Å². The predicted molar refractivity (Wildman–Crippen MR) is 138 cm³/mol. The topological polar surface area (TPSA) is 65.0 Å². The summed E-state index contributed by atoms with van der Waals surface area (Å²) in [6.07, 6.45) is 2.65. The number of nitrogens with one attached hydrogen (secondary N) is 2. The van der Waals surface area contributed by atoms with Crippen molar-refractivity contribution in [1.29, 1.82) is 0 Å². The zero-order valence-electron chi connectivity index (χ0n) is 18.8. The number of morpholine rings is 1. The van der Waals surface area contributed by atoms with E-state index in [9.17, 15) is 8.78 Å². The van der Waals surface area contributed by atoms with Gasteiger partial charge in [-0.3, -0.25) is 0 Å². The number of hydrogen-bond donors (Lipinski definition) is 2. The Balaban J connectivity index is 0.00000306. The van der Waals surface area contributed by atoms with Crippen molar-refractivity contribution in [2.45, 2.75) is 25.9 Å². The van der Waals surface area contributed by atoms with E-state index in [4.69, 9.17) is 9.73 Å². The maximum atomic E-state index is 14.2. The van der Waals surface area contributed by atoms with E-state index in [1.807, 2.05) is 24.1 Å². The first-order valence-corrected chi connectivity index (χ1v) is 11.2. The van der Waals surface area contributed by atoms with Gasteiger partial charge >= 0.3 is 0 Å². The van der Waals surface area contributed by atoms with Crippen LogP contribution in [-0.4, -0.2) is 62.9 Å². The zero-order valence-corrected chi connectivity index (χ0v) is 21.1. The Hall–Kier alpha value is -2.21. The molecule has 33 heavy (non-hydrogen) atoms. The first-order valence-electron chi connectivity index (χ1n) is 11.2. The fourth-order valence-corrected chi connectivity index (χ4v) is 4.13. The fraction of sp³-hybridized carbons (Fsp3) is 0.478. The van der Waals surface area contributed by atoms with Crippen LogP contribution in [0.15, 0.2) is 41.5 Å². The fourth-order valence-electron chi connectivity index (χ4n) is 4.13. The molecule has 2 aromatic rings. The van der Waals surface area contributed by atoms with Crippen molar-refractivity contribution in [3.8, 4) is 0 Å². The van der Waals surface area contributed by atoms with Crippen LogP contribution >= 0.6 is 24.0 Å². The first-order chi connectivity index (χ1) is 15.6. The highest BCUT2D eigenvalue weighted by atomic mass is 127. The third-order valence-electron chi connectivity index (χ3n) is 5.71. The van der Waals surface area contributed by atoms with E-state index in [0.717, 1.165) is 49.5 Å². The minimum atomic E-state index is -0.562.